The van der Waals surface area contributed by atoms with Gasteiger partial charge in [-0.3, -0.25) is 4.79 Å². The molecular weight excluding hydrogens is 522 g/mol. The van der Waals surface area contributed by atoms with Gasteiger partial charge in [0.1, 0.15) is 31.7 Å². The molecule has 1 saturated carbocycles. The van der Waals surface area contributed by atoms with E-state index in [2.05, 4.69) is 4.84 Å². The fourth-order valence-corrected chi connectivity index (χ4v) is 4.23. The number of unbranched alkanes of at least 4 members (excludes halogenated alkanes) is 1. The lowest BCUT2D eigenvalue weighted by atomic mass is 9.89. The molecule has 5 atom stereocenters. The second-order valence-corrected chi connectivity index (χ2v) is 9.26. The number of ether oxygens (including phenoxy) is 3. The molecule has 1 fully saturated rings. The fraction of sp³-hybridized carbons (Fsp3) is 0.577. The molecule has 0 aliphatic heterocycles. The molecule has 212 valence electrons. The van der Waals surface area contributed by atoms with E-state index in [1.807, 2.05) is 12.2 Å². The zero-order valence-corrected chi connectivity index (χ0v) is 21.9. The van der Waals surface area contributed by atoms with Crippen molar-refractivity contribution >= 4 is 17.6 Å². The molecule has 1 aromatic rings. The van der Waals surface area contributed by atoms with E-state index in [1.54, 1.807) is 36.4 Å². The Balaban J connectivity index is 1.63. The molecule has 0 saturated heterocycles. The first kappa shape index (κ1) is 31.5. The van der Waals surface area contributed by atoms with Gasteiger partial charge in [0.25, 0.3) is 5.09 Å². The third-order valence-electron chi connectivity index (χ3n) is 5.93. The maximum absolute atomic E-state index is 11.7. The SMILES string of the molecule is O=C(CCC/C=C\C[C@@H]1[C@@H](/C=C/[C@@H](O)COc2cccc(Cl)c2)[C@H](O)C[C@@H]1O)OCCOCCO[N+](=O)[O-]. The maximum atomic E-state index is 11.7. The van der Waals surface area contributed by atoms with E-state index in [0.29, 0.717) is 30.0 Å². The van der Waals surface area contributed by atoms with Crippen LogP contribution >= 0.6 is 11.6 Å². The van der Waals surface area contributed by atoms with Crippen LogP contribution in [0.3, 0.4) is 0 Å². The average Bonchev–Trinajstić information content (AvgIpc) is 3.14. The van der Waals surface area contributed by atoms with Gasteiger partial charge in [-0.1, -0.05) is 42.0 Å². The van der Waals surface area contributed by atoms with Gasteiger partial charge in [-0.05, 0) is 43.4 Å². The molecule has 3 N–H and O–H groups in total. The number of nitrogens with zero attached hydrogens (tertiary/aromatic N) is 1. The number of hydrogen-bond donors (Lipinski definition) is 3. The quantitative estimate of drug-likeness (QED) is 0.0805. The lowest BCUT2D eigenvalue weighted by Crippen LogP contribution is -2.21. The van der Waals surface area contributed by atoms with E-state index >= 15 is 0 Å². The largest absolute Gasteiger partial charge is 0.491 e. The van der Waals surface area contributed by atoms with Crippen molar-refractivity contribution in [2.75, 3.05) is 33.0 Å². The van der Waals surface area contributed by atoms with Gasteiger partial charge in [-0.2, -0.15) is 0 Å². The van der Waals surface area contributed by atoms with Crippen molar-refractivity contribution < 1.29 is 44.2 Å². The van der Waals surface area contributed by atoms with Crippen molar-refractivity contribution in [1.29, 1.82) is 0 Å². The lowest BCUT2D eigenvalue weighted by molar-refractivity contribution is -0.758. The van der Waals surface area contributed by atoms with Crippen molar-refractivity contribution in [3.8, 4) is 5.75 Å². The van der Waals surface area contributed by atoms with Gasteiger partial charge in [0.2, 0.25) is 0 Å². The molecule has 0 radical (unpaired) electrons. The van der Waals surface area contributed by atoms with Crippen molar-refractivity contribution in [3.05, 3.63) is 63.7 Å². The third kappa shape index (κ3) is 12.7. The molecule has 38 heavy (non-hydrogen) atoms. The van der Waals surface area contributed by atoms with E-state index < -0.39 is 23.4 Å². The molecule has 0 bridgehead atoms. The predicted octanol–water partition coefficient (Wildman–Crippen LogP) is 2.88. The minimum absolute atomic E-state index is 0.0289. The molecule has 0 amide bonds. The van der Waals surface area contributed by atoms with Gasteiger partial charge >= 0.3 is 5.97 Å². The van der Waals surface area contributed by atoms with Crippen molar-refractivity contribution in [3.63, 3.8) is 0 Å². The van der Waals surface area contributed by atoms with E-state index in [4.69, 9.17) is 25.8 Å². The van der Waals surface area contributed by atoms with Crippen LogP contribution in [0.25, 0.3) is 0 Å². The number of halogens is 1. The summed E-state index contributed by atoms with van der Waals surface area (Å²) in [5, 5.41) is 40.6. The van der Waals surface area contributed by atoms with Gasteiger partial charge in [0.05, 0.1) is 25.4 Å². The number of hydrogen-bond acceptors (Lipinski definition) is 10. The van der Waals surface area contributed by atoms with Crippen LogP contribution in [-0.2, 0) is 19.1 Å². The monoisotopic (exact) mass is 557 g/mol. The van der Waals surface area contributed by atoms with Gasteiger partial charge < -0.3 is 34.4 Å². The van der Waals surface area contributed by atoms with Crippen LogP contribution in [0, 0.1) is 22.0 Å². The second-order valence-electron chi connectivity index (χ2n) is 8.82. The Bertz CT molecular complexity index is 912. The molecule has 0 spiro atoms. The summed E-state index contributed by atoms with van der Waals surface area (Å²) in [4.78, 5) is 25.8. The normalized spacial score (nSPS) is 22.1. The van der Waals surface area contributed by atoms with Crippen LogP contribution in [-0.4, -0.2) is 77.7 Å². The molecule has 0 aromatic heterocycles. The number of benzene rings is 1. The molecular formula is C26H36ClNO10. The number of esters is 1. The Morgan fingerprint density at radius 3 is 2.74 bits per heavy atom. The number of carbonyl (C=O) groups is 1. The summed E-state index contributed by atoms with van der Waals surface area (Å²) in [5.41, 5.74) is 0. The highest BCUT2D eigenvalue weighted by atomic mass is 35.5. The maximum Gasteiger partial charge on any atom is 0.305 e. The van der Waals surface area contributed by atoms with Crippen molar-refractivity contribution in [2.45, 2.75) is 50.4 Å². The molecule has 12 heteroatoms. The topological polar surface area (TPSA) is 158 Å². The standard InChI is InChI=1S/C26H36ClNO10/c27-19-6-5-7-21(16-19)37-18-20(29)10-11-23-22(24(30)17-25(23)31)8-3-1-2-4-9-26(32)36-14-12-35-13-15-38-28(33)34/h1,3,5-7,10-11,16,20,22-25,29-31H,2,4,8-9,12-15,17-18H2/b3-1-,11-10+/t20-,22-,23-,24+,25-/m1/s1. The lowest BCUT2D eigenvalue weighted by Gasteiger charge is -2.19. The Morgan fingerprint density at radius 2 is 1.97 bits per heavy atom. The van der Waals surface area contributed by atoms with Gasteiger partial charge in [-0.15, -0.1) is 10.1 Å². The molecule has 1 aliphatic carbocycles. The summed E-state index contributed by atoms with van der Waals surface area (Å²) in [6, 6.07) is 6.87. The zero-order valence-electron chi connectivity index (χ0n) is 21.1. The van der Waals surface area contributed by atoms with Gasteiger partial charge in [-0.25, -0.2) is 0 Å². The minimum atomic E-state index is -0.903. The van der Waals surface area contributed by atoms with Crippen LogP contribution < -0.4 is 4.74 Å². The molecule has 11 nitrogen and oxygen atoms in total. The van der Waals surface area contributed by atoms with E-state index in [1.165, 1.54) is 0 Å². The fourth-order valence-electron chi connectivity index (χ4n) is 4.05. The van der Waals surface area contributed by atoms with Crippen LogP contribution in [0.5, 0.6) is 5.75 Å². The summed E-state index contributed by atoms with van der Waals surface area (Å²) in [6.07, 6.45) is 7.20. The molecule has 1 aromatic carbocycles. The average molecular weight is 558 g/mol. The van der Waals surface area contributed by atoms with Gasteiger partial charge in [0.15, 0.2) is 0 Å². The number of aliphatic hydroxyl groups is 3. The Labute approximate surface area is 226 Å². The van der Waals surface area contributed by atoms with E-state index in [9.17, 15) is 30.2 Å². The zero-order chi connectivity index (χ0) is 27.8. The Kier molecular flexibility index (Phi) is 14.7. The summed E-state index contributed by atoms with van der Waals surface area (Å²) in [7, 11) is 0. The summed E-state index contributed by atoms with van der Waals surface area (Å²) >= 11 is 5.92. The minimum Gasteiger partial charge on any atom is -0.491 e. The number of rotatable bonds is 18. The van der Waals surface area contributed by atoms with Crippen LogP contribution in [0.2, 0.25) is 5.02 Å². The van der Waals surface area contributed by atoms with E-state index in [0.717, 1.165) is 0 Å². The summed E-state index contributed by atoms with van der Waals surface area (Å²) in [6.45, 7) is 0.0743. The number of aliphatic hydroxyl groups excluding tert-OH is 3. The molecule has 1 aliphatic rings. The summed E-state index contributed by atoms with van der Waals surface area (Å²) < 4.78 is 15.6. The van der Waals surface area contributed by atoms with Crippen molar-refractivity contribution in [1.82, 2.24) is 0 Å². The van der Waals surface area contributed by atoms with Gasteiger partial charge in [0, 0.05) is 23.8 Å². The number of allylic oxidation sites excluding steroid dienone is 2. The first-order valence-corrected chi connectivity index (χ1v) is 12.9. The Hall–Kier alpha value is -2.70. The first-order valence-electron chi connectivity index (χ1n) is 12.5. The molecule has 0 unspecified atom stereocenters. The molecule has 2 rings (SSSR count). The highest BCUT2D eigenvalue weighted by Gasteiger charge is 2.39. The van der Waals surface area contributed by atoms with Crippen LogP contribution in [0.15, 0.2) is 48.6 Å². The smallest absolute Gasteiger partial charge is 0.305 e. The Morgan fingerprint density at radius 1 is 1.18 bits per heavy atom. The van der Waals surface area contributed by atoms with Crippen molar-refractivity contribution in [2.24, 2.45) is 11.8 Å². The summed E-state index contributed by atoms with van der Waals surface area (Å²) in [5.74, 6) is -0.316. The highest BCUT2D eigenvalue weighted by molar-refractivity contribution is 6.30. The number of carbonyl (C=O) groups excluding carboxylic acids is 1. The highest BCUT2D eigenvalue weighted by Crippen LogP contribution is 2.36. The molecule has 0 heterocycles. The van der Waals surface area contributed by atoms with E-state index in [-0.39, 0.29) is 63.7 Å². The first-order chi connectivity index (χ1) is 18.3. The predicted molar refractivity (Wildman–Crippen MR) is 138 cm³/mol. The second kappa shape index (κ2) is 17.7. The van der Waals surface area contributed by atoms with Crippen LogP contribution in [0.1, 0.15) is 32.1 Å². The van der Waals surface area contributed by atoms with Crippen LogP contribution in [0.4, 0.5) is 0 Å². The third-order valence-corrected chi connectivity index (χ3v) is 6.17.